The Bertz CT molecular complexity index is 1010. The Morgan fingerprint density at radius 3 is 2.28 bits per heavy atom. The maximum Gasteiger partial charge on any atom is 0.355 e. The van der Waals surface area contributed by atoms with Gasteiger partial charge in [-0.15, -0.1) is 0 Å². The number of aryl methyl sites for hydroxylation is 2. The second-order valence-electron chi connectivity index (χ2n) is 7.50. The van der Waals surface area contributed by atoms with Crippen LogP contribution in [0.25, 0.3) is 0 Å². The van der Waals surface area contributed by atoms with Gasteiger partial charge in [-0.1, -0.05) is 17.7 Å². The Hall–Kier alpha value is -3.62. The maximum absolute atomic E-state index is 12.7. The lowest BCUT2D eigenvalue weighted by Crippen LogP contribution is -2.41. The predicted molar refractivity (Wildman–Crippen MR) is 119 cm³/mol. The summed E-state index contributed by atoms with van der Waals surface area (Å²) < 4.78 is 10.3. The van der Waals surface area contributed by atoms with Crippen LogP contribution in [0.4, 0.5) is 5.69 Å². The summed E-state index contributed by atoms with van der Waals surface area (Å²) in [6, 6.07) is 7.27. The number of aromatic amines is 1. The van der Waals surface area contributed by atoms with Crippen molar-refractivity contribution in [1.29, 1.82) is 0 Å². The predicted octanol–water partition coefficient (Wildman–Crippen LogP) is 2.76. The molecular formula is C23H29N3O6. The molecule has 32 heavy (non-hydrogen) atoms. The normalized spacial score (nSPS) is 11.4. The number of rotatable bonds is 8. The molecule has 1 heterocycles. The van der Waals surface area contributed by atoms with Crippen LogP contribution < -0.4 is 5.32 Å². The third-order valence-electron chi connectivity index (χ3n) is 4.85. The van der Waals surface area contributed by atoms with E-state index >= 15 is 0 Å². The number of hydrogen-bond donors (Lipinski definition) is 2. The number of likely N-dealkylation sites (N-methyl/N-ethyl adjacent to an activating group) is 1. The third kappa shape index (κ3) is 5.96. The fraction of sp³-hybridized carbons (Fsp3) is 0.391. The van der Waals surface area contributed by atoms with Gasteiger partial charge in [-0.05, 0) is 52.3 Å². The van der Waals surface area contributed by atoms with E-state index in [-0.39, 0.29) is 30.3 Å². The number of nitrogens with one attached hydrogen (secondary N) is 2. The number of ether oxygens (including phenoxy) is 2. The van der Waals surface area contributed by atoms with E-state index < -0.39 is 23.9 Å². The number of carbonyl (C=O) groups excluding carboxylic acids is 4. The minimum absolute atomic E-state index is 0.167. The van der Waals surface area contributed by atoms with Gasteiger partial charge >= 0.3 is 11.9 Å². The van der Waals surface area contributed by atoms with Crippen molar-refractivity contribution >= 4 is 29.4 Å². The molecule has 172 valence electrons. The zero-order valence-corrected chi connectivity index (χ0v) is 19.2. The van der Waals surface area contributed by atoms with Crippen molar-refractivity contribution in [3.63, 3.8) is 0 Å². The van der Waals surface area contributed by atoms with E-state index in [1.165, 1.54) is 18.9 Å². The summed E-state index contributed by atoms with van der Waals surface area (Å²) in [6.07, 6.45) is -1.13. The van der Waals surface area contributed by atoms with Crippen molar-refractivity contribution in [3.05, 3.63) is 52.3 Å². The highest BCUT2D eigenvalue weighted by atomic mass is 16.5. The summed E-state index contributed by atoms with van der Waals surface area (Å²) in [5, 5.41) is 2.71. The largest absolute Gasteiger partial charge is 0.461 e. The van der Waals surface area contributed by atoms with Gasteiger partial charge in [-0.25, -0.2) is 9.59 Å². The Labute approximate surface area is 187 Å². The highest BCUT2D eigenvalue weighted by Gasteiger charge is 2.28. The smallest absolute Gasteiger partial charge is 0.355 e. The van der Waals surface area contributed by atoms with Crippen LogP contribution in [0.15, 0.2) is 24.3 Å². The summed E-state index contributed by atoms with van der Waals surface area (Å²) in [5.41, 5.74) is 2.84. The molecule has 0 aliphatic rings. The van der Waals surface area contributed by atoms with Crippen LogP contribution in [0.1, 0.15) is 51.5 Å². The number of benzene rings is 1. The maximum atomic E-state index is 12.7. The van der Waals surface area contributed by atoms with Gasteiger partial charge in [0.1, 0.15) is 5.69 Å². The Morgan fingerprint density at radius 2 is 1.69 bits per heavy atom. The molecule has 0 aliphatic carbocycles. The lowest BCUT2D eigenvalue weighted by Gasteiger charge is -2.21. The minimum atomic E-state index is -1.13. The lowest BCUT2D eigenvalue weighted by molar-refractivity contribution is -0.140. The standard InChI is InChI=1S/C23H29N3O6/c1-7-31-23(30)20-14(3)19(15(4)24-20)22(29)32-16(5)21(28)26(6)12-18(27)25-17-10-8-13(2)9-11-17/h8-11,16,24H,7,12H2,1-6H3,(H,25,27)/t16-/m1/s1. The summed E-state index contributed by atoms with van der Waals surface area (Å²) in [6.45, 7) is 8.27. The van der Waals surface area contributed by atoms with E-state index in [9.17, 15) is 19.2 Å². The molecule has 2 aromatic rings. The molecule has 0 fully saturated rings. The molecule has 2 rings (SSSR count). The van der Waals surface area contributed by atoms with E-state index in [4.69, 9.17) is 9.47 Å². The first-order valence-corrected chi connectivity index (χ1v) is 10.2. The van der Waals surface area contributed by atoms with Crippen LogP contribution >= 0.6 is 0 Å². The van der Waals surface area contributed by atoms with Gasteiger partial charge in [-0.3, -0.25) is 9.59 Å². The van der Waals surface area contributed by atoms with Crippen LogP contribution in [0, 0.1) is 20.8 Å². The highest BCUT2D eigenvalue weighted by molar-refractivity contribution is 6.00. The molecule has 9 heteroatoms. The van der Waals surface area contributed by atoms with E-state index in [1.807, 2.05) is 19.1 Å². The van der Waals surface area contributed by atoms with E-state index in [2.05, 4.69) is 10.3 Å². The number of amides is 2. The molecule has 1 atom stereocenters. The highest BCUT2D eigenvalue weighted by Crippen LogP contribution is 2.20. The van der Waals surface area contributed by atoms with Gasteiger partial charge in [0.05, 0.1) is 18.7 Å². The average Bonchev–Trinajstić information content (AvgIpc) is 3.03. The molecule has 2 amide bonds. The van der Waals surface area contributed by atoms with Gasteiger partial charge < -0.3 is 24.7 Å². The van der Waals surface area contributed by atoms with Crippen LogP contribution in [0.3, 0.4) is 0 Å². The summed E-state index contributed by atoms with van der Waals surface area (Å²) in [4.78, 5) is 53.5. The van der Waals surface area contributed by atoms with Crippen molar-refractivity contribution in [3.8, 4) is 0 Å². The Kier molecular flexibility index (Phi) is 8.17. The van der Waals surface area contributed by atoms with Crippen LogP contribution in [-0.2, 0) is 19.1 Å². The van der Waals surface area contributed by atoms with Crippen molar-refractivity contribution in [2.24, 2.45) is 0 Å². The van der Waals surface area contributed by atoms with Crippen LogP contribution in [0.2, 0.25) is 0 Å². The second kappa shape index (κ2) is 10.6. The molecule has 9 nitrogen and oxygen atoms in total. The molecular weight excluding hydrogens is 414 g/mol. The fourth-order valence-electron chi connectivity index (χ4n) is 3.17. The van der Waals surface area contributed by atoms with E-state index in [0.29, 0.717) is 16.9 Å². The summed E-state index contributed by atoms with van der Waals surface area (Å²) in [7, 11) is 1.45. The summed E-state index contributed by atoms with van der Waals surface area (Å²) in [5.74, 6) is -2.23. The Morgan fingerprint density at radius 1 is 1.06 bits per heavy atom. The number of nitrogens with zero attached hydrogens (tertiary/aromatic N) is 1. The molecule has 0 aliphatic heterocycles. The van der Waals surface area contributed by atoms with Gasteiger partial charge in [-0.2, -0.15) is 0 Å². The van der Waals surface area contributed by atoms with Crippen LogP contribution in [0.5, 0.6) is 0 Å². The van der Waals surface area contributed by atoms with Crippen molar-refractivity contribution in [1.82, 2.24) is 9.88 Å². The van der Waals surface area contributed by atoms with Crippen molar-refractivity contribution in [2.45, 2.75) is 40.7 Å². The topological polar surface area (TPSA) is 118 Å². The zero-order chi connectivity index (χ0) is 24.0. The first kappa shape index (κ1) is 24.6. The first-order chi connectivity index (χ1) is 15.0. The van der Waals surface area contributed by atoms with E-state index in [1.54, 1.807) is 32.9 Å². The number of anilines is 1. The van der Waals surface area contributed by atoms with E-state index in [0.717, 1.165) is 5.56 Å². The van der Waals surface area contributed by atoms with Gasteiger partial charge in [0.25, 0.3) is 5.91 Å². The molecule has 0 unspecified atom stereocenters. The number of hydrogen-bond acceptors (Lipinski definition) is 6. The van der Waals surface area contributed by atoms with Crippen molar-refractivity contribution in [2.75, 3.05) is 25.5 Å². The molecule has 0 radical (unpaired) electrons. The van der Waals surface area contributed by atoms with Crippen LogP contribution in [-0.4, -0.2) is 59.9 Å². The second-order valence-corrected chi connectivity index (χ2v) is 7.50. The molecule has 0 saturated carbocycles. The lowest BCUT2D eigenvalue weighted by atomic mass is 10.1. The number of esters is 2. The zero-order valence-electron chi connectivity index (χ0n) is 19.2. The third-order valence-corrected chi connectivity index (χ3v) is 4.85. The van der Waals surface area contributed by atoms with Gasteiger partial charge in [0.2, 0.25) is 5.91 Å². The number of H-pyrrole nitrogens is 1. The molecule has 1 aromatic carbocycles. The average molecular weight is 444 g/mol. The number of carbonyl (C=O) groups is 4. The minimum Gasteiger partial charge on any atom is -0.461 e. The Balaban J connectivity index is 1.99. The molecule has 0 bridgehead atoms. The SMILES string of the molecule is CCOC(=O)c1[nH]c(C)c(C(=O)O[C@H](C)C(=O)N(C)CC(=O)Nc2ccc(C)cc2)c1C. The molecule has 0 spiro atoms. The quantitative estimate of drug-likeness (QED) is 0.606. The van der Waals surface area contributed by atoms with Gasteiger partial charge in [0, 0.05) is 18.4 Å². The molecule has 2 N–H and O–H groups in total. The van der Waals surface area contributed by atoms with Crippen molar-refractivity contribution < 1.29 is 28.7 Å². The monoisotopic (exact) mass is 443 g/mol. The van der Waals surface area contributed by atoms with Gasteiger partial charge in [0.15, 0.2) is 6.10 Å². The first-order valence-electron chi connectivity index (χ1n) is 10.2. The fourth-order valence-corrected chi connectivity index (χ4v) is 3.17. The molecule has 1 aromatic heterocycles. The number of aromatic nitrogens is 1. The summed E-state index contributed by atoms with van der Waals surface area (Å²) >= 11 is 0. The molecule has 0 saturated heterocycles.